The first-order valence-electron chi connectivity index (χ1n) is 4.63. The molecule has 0 saturated heterocycles. The molecule has 0 N–H and O–H groups in total. The van der Waals surface area contributed by atoms with Crippen molar-refractivity contribution < 1.29 is 14.2 Å². The van der Waals surface area contributed by atoms with Crippen LogP contribution in [0.25, 0.3) is 0 Å². The van der Waals surface area contributed by atoms with Crippen molar-refractivity contribution in [1.29, 1.82) is 0 Å². The summed E-state index contributed by atoms with van der Waals surface area (Å²) in [4.78, 5) is 3.94. The minimum Gasteiger partial charge on any atom is -0.468 e. The lowest BCUT2D eigenvalue weighted by molar-refractivity contribution is 0.0806. The Balaban J connectivity index is 1.93. The second-order valence-electron chi connectivity index (χ2n) is 2.74. The van der Waals surface area contributed by atoms with Crippen LogP contribution in [0.5, 0.6) is 5.19 Å². The van der Waals surface area contributed by atoms with Crippen LogP contribution in [-0.2, 0) is 9.47 Å². The molecule has 15 heavy (non-hydrogen) atoms. The monoisotopic (exact) mass is 251 g/mol. The van der Waals surface area contributed by atoms with Crippen LogP contribution in [0.1, 0.15) is 6.42 Å². The molecule has 0 aliphatic heterocycles. The van der Waals surface area contributed by atoms with E-state index < -0.39 is 0 Å². The van der Waals surface area contributed by atoms with E-state index in [1.54, 1.807) is 12.5 Å². The van der Waals surface area contributed by atoms with Gasteiger partial charge in [-0.15, -0.1) is 0 Å². The highest BCUT2D eigenvalue weighted by atomic mass is 35.5. The molecule has 0 saturated carbocycles. The Labute approximate surface area is 98.1 Å². The van der Waals surface area contributed by atoms with E-state index in [1.165, 1.54) is 11.3 Å². The predicted molar refractivity (Wildman–Crippen MR) is 59.9 cm³/mol. The summed E-state index contributed by atoms with van der Waals surface area (Å²) >= 11 is 7.01. The Morgan fingerprint density at radius 3 is 2.87 bits per heavy atom. The van der Waals surface area contributed by atoms with E-state index in [4.69, 9.17) is 25.8 Å². The Kier molecular flexibility index (Phi) is 6.67. The van der Waals surface area contributed by atoms with Gasteiger partial charge in [-0.1, -0.05) is 22.9 Å². The van der Waals surface area contributed by atoms with Gasteiger partial charge in [0, 0.05) is 25.7 Å². The first-order valence-corrected chi connectivity index (χ1v) is 5.89. The van der Waals surface area contributed by atoms with Crippen molar-refractivity contribution in [2.75, 3.05) is 33.5 Å². The second kappa shape index (κ2) is 7.87. The summed E-state index contributed by atoms with van der Waals surface area (Å²) in [6.07, 6.45) is 0.902. The summed E-state index contributed by atoms with van der Waals surface area (Å²) in [5.41, 5.74) is 0. The van der Waals surface area contributed by atoms with Crippen molar-refractivity contribution in [3.63, 3.8) is 0 Å². The van der Waals surface area contributed by atoms with E-state index in [0.717, 1.165) is 13.0 Å². The highest BCUT2D eigenvalue weighted by Gasteiger charge is 1.99. The first-order chi connectivity index (χ1) is 7.33. The quantitative estimate of drug-likeness (QED) is 0.665. The largest absolute Gasteiger partial charge is 0.468 e. The number of hydrogen-bond acceptors (Lipinski definition) is 5. The average Bonchev–Trinajstić information content (AvgIpc) is 2.63. The zero-order chi connectivity index (χ0) is 10.9. The normalized spacial score (nSPS) is 10.5. The summed E-state index contributed by atoms with van der Waals surface area (Å²) < 4.78 is 15.5. The maximum atomic E-state index is 5.63. The van der Waals surface area contributed by atoms with Gasteiger partial charge in [0.25, 0.3) is 5.19 Å². The van der Waals surface area contributed by atoms with Crippen molar-refractivity contribution in [3.8, 4) is 5.19 Å². The number of ether oxygens (including phenoxy) is 3. The molecule has 0 unspecified atom stereocenters. The highest BCUT2D eigenvalue weighted by molar-refractivity contribution is 7.11. The number of rotatable bonds is 8. The van der Waals surface area contributed by atoms with Gasteiger partial charge in [0.15, 0.2) is 0 Å². The lowest BCUT2D eigenvalue weighted by Gasteiger charge is -2.03. The van der Waals surface area contributed by atoms with Gasteiger partial charge in [-0.2, -0.15) is 4.98 Å². The van der Waals surface area contributed by atoms with Crippen LogP contribution in [-0.4, -0.2) is 38.5 Å². The third-order valence-corrected chi connectivity index (χ3v) is 2.62. The molecule has 4 nitrogen and oxygen atoms in total. The Morgan fingerprint density at radius 2 is 2.20 bits per heavy atom. The third kappa shape index (κ3) is 5.94. The molecule has 1 rings (SSSR count). The van der Waals surface area contributed by atoms with Gasteiger partial charge in [0.2, 0.25) is 0 Å². The summed E-state index contributed by atoms with van der Waals surface area (Å²) in [7, 11) is 1.68. The predicted octanol–water partition coefficient (Wildman–Crippen LogP) is 2.23. The summed E-state index contributed by atoms with van der Waals surface area (Å²) in [5.74, 6) is 0. The maximum absolute atomic E-state index is 5.63. The second-order valence-corrected chi connectivity index (χ2v) is 3.95. The van der Waals surface area contributed by atoms with E-state index in [1.807, 2.05) is 0 Å². The van der Waals surface area contributed by atoms with Gasteiger partial charge in [-0.05, 0) is 6.42 Å². The van der Waals surface area contributed by atoms with Crippen molar-refractivity contribution in [2.24, 2.45) is 0 Å². The fraction of sp³-hybridized carbons (Fsp3) is 0.667. The average molecular weight is 252 g/mol. The first kappa shape index (κ1) is 12.7. The van der Waals surface area contributed by atoms with Gasteiger partial charge >= 0.3 is 0 Å². The number of thiazole rings is 1. The van der Waals surface area contributed by atoms with E-state index in [2.05, 4.69) is 4.98 Å². The van der Waals surface area contributed by atoms with E-state index in [9.17, 15) is 0 Å². The van der Waals surface area contributed by atoms with Gasteiger partial charge in [-0.25, -0.2) is 0 Å². The molecule has 1 aromatic rings. The molecule has 1 aromatic heterocycles. The standard InChI is InChI=1S/C9H14ClNO3S/c1-12-3-2-4-13-5-6-14-9-11-8(10)7-15-9/h7H,2-6H2,1H3. The molecule has 6 heteroatoms. The number of methoxy groups -OCH3 is 1. The molecule has 0 atom stereocenters. The van der Waals surface area contributed by atoms with Crippen LogP contribution in [0.15, 0.2) is 5.38 Å². The third-order valence-electron chi connectivity index (χ3n) is 1.55. The molecule has 1 heterocycles. The number of hydrogen-bond donors (Lipinski definition) is 0. The van der Waals surface area contributed by atoms with E-state index >= 15 is 0 Å². The minimum atomic E-state index is 0.469. The molecule has 0 bridgehead atoms. The SMILES string of the molecule is COCCCOCCOc1nc(Cl)cs1. The molecule has 0 aromatic carbocycles. The van der Waals surface area contributed by atoms with Crippen molar-refractivity contribution >= 4 is 22.9 Å². The lowest BCUT2D eigenvalue weighted by atomic mass is 10.5. The molecule has 0 aliphatic carbocycles. The minimum absolute atomic E-state index is 0.469. The van der Waals surface area contributed by atoms with Crippen LogP contribution in [0.4, 0.5) is 0 Å². The molecule has 86 valence electrons. The molecule has 0 fully saturated rings. The Bertz CT molecular complexity index is 270. The molecule has 0 aliphatic rings. The molecular weight excluding hydrogens is 238 g/mol. The van der Waals surface area contributed by atoms with Crippen molar-refractivity contribution in [2.45, 2.75) is 6.42 Å². The van der Waals surface area contributed by atoms with Crippen LogP contribution in [0, 0.1) is 0 Å². The maximum Gasteiger partial charge on any atom is 0.274 e. The van der Waals surface area contributed by atoms with E-state index in [-0.39, 0.29) is 0 Å². The zero-order valence-corrected chi connectivity index (χ0v) is 10.1. The Hall–Kier alpha value is -0.360. The summed E-state index contributed by atoms with van der Waals surface area (Å²) in [5, 5.41) is 2.78. The number of halogens is 1. The van der Waals surface area contributed by atoms with Gasteiger partial charge in [-0.3, -0.25) is 0 Å². The zero-order valence-electron chi connectivity index (χ0n) is 8.57. The highest BCUT2D eigenvalue weighted by Crippen LogP contribution is 2.20. The van der Waals surface area contributed by atoms with E-state index in [0.29, 0.717) is 30.2 Å². The fourth-order valence-electron chi connectivity index (χ4n) is 0.901. The van der Waals surface area contributed by atoms with Crippen LogP contribution >= 0.6 is 22.9 Å². The molecule has 0 radical (unpaired) electrons. The van der Waals surface area contributed by atoms with Crippen molar-refractivity contribution in [1.82, 2.24) is 4.98 Å². The van der Waals surface area contributed by atoms with Gasteiger partial charge < -0.3 is 14.2 Å². The topological polar surface area (TPSA) is 40.6 Å². The van der Waals surface area contributed by atoms with Crippen LogP contribution < -0.4 is 4.74 Å². The van der Waals surface area contributed by atoms with Crippen LogP contribution in [0.2, 0.25) is 5.15 Å². The Morgan fingerprint density at radius 1 is 1.33 bits per heavy atom. The van der Waals surface area contributed by atoms with Gasteiger partial charge in [0.1, 0.15) is 11.8 Å². The summed E-state index contributed by atoms with van der Waals surface area (Å²) in [6, 6.07) is 0. The molecule has 0 spiro atoms. The molecule has 0 amide bonds. The molecular formula is C9H14ClNO3S. The van der Waals surface area contributed by atoms with Gasteiger partial charge in [0.05, 0.1) is 6.61 Å². The smallest absolute Gasteiger partial charge is 0.274 e. The number of nitrogens with zero attached hydrogens (tertiary/aromatic N) is 1. The summed E-state index contributed by atoms with van der Waals surface area (Å²) in [6.45, 7) is 2.47. The number of aromatic nitrogens is 1. The van der Waals surface area contributed by atoms with Crippen LogP contribution in [0.3, 0.4) is 0 Å². The fourth-order valence-corrected chi connectivity index (χ4v) is 1.71. The van der Waals surface area contributed by atoms with Crippen molar-refractivity contribution in [3.05, 3.63) is 10.5 Å². The lowest BCUT2D eigenvalue weighted by Crippen LogP contribution is -2.08.